The summed E-state index contributed by atoms with van der Waals surface area (Å²) in [5.41, 5.74) is 1.28. The number of carbonyl (C=O) groups is 2. The summed E-state index contributed by atoms with van der Waals surface area (Å²) in [4.78, 5) is 26.0. The van der Waals surface area contributed by atoms with Crippen LogP contribution in [0.4, 0.5) is 0 Å². The molecule has 0 N–H and O–H groups in total. The molecule has 0 bridgehead atoms. The molecule has 8 heteroatoms. The number of nitrogens with zero attached hydrogens (tertiary/aromatic N) is 3. The second-order valence-electron chi connectivity index (χ2n) is 5.90. The summed E-state index contributed by atoms with van der Waals surface area (Å²) < 4.78 is 11.8. The highest BCUT2D eigenvalue weighted by Crippen LogP contribution is 2.24. The predicted octanol–water partition coefficient (Wildman–Crippen LogP) is 3.24. The van der Waals surface area contributed by atoms with Crippen molar-refractivity contribution in [2.45, 2.75) is 13.5 Å². The van der Waals surface area contributed by atoms with Gasteiger partial charge in [-0.25, -0.2) is 9.48 Å². The summed E-state index contributed by atoms with van der Waals surface area (Å²) in [5, 5.41) is 4.43. The van der Waals surface area contributed by atoms with Crippen molar-refractivity contribution in [3.8, 4) is 5.69 Å². The molecule has 0 saturated heterocycles. The van der Waals surface area contributed by atoms with Gasteiger partial charge in [0.05, 0.1) is 24.2 Å². The molecule has 0 saturated carbocycles. The zero-order valence-electron chi connectivity index (χ0n) is 14.9. The summed E-state index contributed by atoms with van der Waals surface area (Å²) in [7, 11) is 1.60. The number of hydrogen-bond acceptors (Lipinski definition) is 5. The van der Waals surface area contributed by atoms with Crippen LogP contribution in [-0.4, -0.2) is 40.2 Å². The first-order valence-corrected chi connectivity index (χ1v) is 8.59. The number of amides is 1. The number of halogens is 1. The van der Waals surface area contributed by atoms with Gasteiger partial charge in [-0.2, -0.15) is 5.10 Å². The molecule has 0 unspecified atom stereocenters. The second kappa shape index (κ2) is 8.09. The molecule has 0 radical (unpaired) electrons. The lowest BCUT2D eigenvalue weighted by Gasteiger charge is -2.15. The van der Waals surface area contributed by atoms with Crippen LogP contribution in [0.15, 0.2) is 53.1 Å². The number of esters is 1. The van der Waals surface area contributed by atoms with Gasteiger partial charge in [0, 0.05) is 7.05 Å². The van der Waals surface area contributed by atoms with Gasteiger partial charge in [-0.3, -0.25) is 4.79 Å². The number of ether oxygens (including phenoxy) is 1. The molecular weight excluding hydrogens is 370 g/mol. The minimum absolute atomic E-state index is 0.139. The number of hydrogen-bond donors (Lipinski definition) is 0. The highest BCUT2D eigenvalue weighted by atomic mass is 35.5. The van der Waals surface area contributed by atoms with E-state index >= 15 is 0 Å². The maximum absolute atomic E-state index is 12.4. The SMILES string of the molecule is Cc1nn(-c2ccccc2)c(Cl)c1C(=O)OCC(=O)N(C)Cc1ccco1. The van der Waals surface area contributed by atoms with Crippen LogP contribution >= 0.6 is 11.6 Å². The zero-order valence-corrected chi connectivity index (χ0v) is 15.6. The Kier molecular flexibility index (Phi) is 5.61. The molecule has 27 heavy (non-hydrogen) atoms. The fraction of sp³-hybridized carbons (Fsp3) is 0.211. The van der Waals surface area contributed by atoms with Crippen molar-refractivity contribution < 1.29 is 18.7 Å². The number of aromatic nitrogens is 2. The van der Waals surface area contributed by atoms with Gasteiger partial charge in [-0.15, -0.1) is 0 Å². The molecule has 3 aromatic rings. The Bertz CT molecular complexity index is 936. The normalized spacial score (nSPS) is 10.6. The Balaban J connectivity index is 1.66. The zero-order chi connectivity index (χ0) is 19.4. The molecule has 0 aliphatic rings. The molecule has 1 amide bonds. The number of furan rings is 1. The van der Waals surface area contributed by atoms with Crippen LogP contribution in [0.2, 0.25) is 5.15 Å². The Hall–Kier alpha value is -3.06. The largest absolute Gasteiger partial charge is 0.467 e. The average Bonchev–Trinajstić information content (AvgIpc) is 3.27. The number of rotatable bonds is 6. The van der Waals surface area contributed by atoms with E-state index in [1.807, 2.05) is 30.3 Å². The molecule has 2 aromatic heterocycles. The quantitative estimate of drug-likeness (QED) is 0.607. The van der Waals surface area contributed by atoms with E-state index in [2.05, 4.69) is 5.10 Å². The van der Waals surface area contributed by atoms with E-state index in [1.165, 1.54) is 15.8 Å². The van der Waals surface area contributed by atoms with Crippen molar-refractivity contribution in [2.75, 3.05) is 13.7 Å². The third-order valence-electron chi connectivity index (χ3n) is 3.93. The lowest BCUT2D eigenvalue weighted by Crippen LogP contribution is -2.30. The van der Waals surface area contributed by atoms with E-state index in [0.717, 1.165) is 5.69 Å². The summed E-state index contributed by atoms with van der Waals surface area (Å²) >= 11 is 6.32. The van der Waals surface area contributed by atoms with Crippen LogP contribution in [0.25, 0.3) is 5.69 Å². The lowest BCUT2D eigenvalue weighted by atomic mass is 10.2. The topological polar surface area (TPSA) is 77.6 Å². The van der Waals surface area contributed by atoms with Crippen molar-refractivity contribution in [1.82, 2.24) is 14.7 Å². The molecule has 1 aromatic carbocycles. The summed E-state index contributed by atoms with van der Waals surface area (Å²) in [6, 6.07) is 12.7. The second-order valence-corrected chi connectivity index (χ2v) is 6.26. The van der Waals surface area contributed by atoms with Gasteiger partial charge >= 0.3 is 5.97 Å². The van der Waals surface area contributed by atoms with Gasteiger partial charge in [0.1, 0.15) is 16.5 Å². The Morgan fingerprint density at radius 3 is 2.63 bits per heavy atom. The van der Waals surface area contributed by atoms with Crippen molar-refractivity contribution in [3.05, 3.63) is 70.9 Å². The first-order chi connectivity index (χ1) is 13.0. The Morgan fingerprint density at radius 1 is 1.22 bits per heavy atom. The highest BCUT2D eigenvalue weighted by molar-refractivity contribution is 6.33. The van der Waals surface area contributed by atoms with Crippen LogP contribution in [0.3, 0.4) is 0 Å². The van der Waals surface area contributed by atoms with Gasteiger partial charge in [0.25, 0.3) is 5.91 Å². The molecule has 0 aliphatic carbocycles. The standard InChI is InChI=1S/C19H18ClN3O4/c1-13-17(18(20)23(21-13)14-7-4-3-5-8-14)19(25)27-12-16(24)22(2)11-15-9-6-10-26-15/h3-10H,11-12H2,1-2H3. The lowest BCUT2D eigenvalue weighted by molar-refractivity contribution is -0.133. The minimum atomic E-state index is -0.695. The number of para-hydroxylation sites is 1. The smallest absolute Gasteiger partial charge is 0.343 e. The minimum Gasteiger partial charge on any atom is -0.467 e. The molecule has 2 heterocycles. The summed E-state index contributed by atoms with van der Waals surface area (Å²) in [6.45, 7) is 1.55. The van der Waals surface area contributed by atoms with Crippen molar-refractivity contribution in [3.63, 3.8) is 0 Å². The summed E-state index contributed by atoms with van der Waals surface area (Å²) in [6.07, 6.45) is 1.53. The molecule has 3 rings (SSSR count). The van der Waals surface area contributed by atoms with Crippen LogP contribution in [0.5, 0.6) is 0 Å². The monoisotopic (exact) mass is 387 g/mol. The molecule has 7 nitrogen and oxygen atoms in total. The fourth-order valence-corrected chi connectivity index (χ4v) is 2.85. The number of aryl methyl sites for hydroxylation is 1. The average molecular weight is 388 g/mol. The number of benzene rings is 1. The van der Waals surface area contributed by atoms with Crippen LogP contribution < -0.4 is 0 Å². The highest BCUT2D eigenvalue weighted by Gasteiger charge is 2.23. The van der Waals surface area contributed by atoms with Crippen LogP contribution in [0.1, 0.15) is 21.8 Å². The van der Waals surface area contributed by atoms with Gasteiger partial charge in [-0.05, 0) is 31.2 Å². The molecule has 0 aliphatic heterocycles. The fourth-order valence-electron chi connectivity index (χ4n) is 2.51. The number of carbonyl (C=O) groups excluding carboxylic acids is 2. The molecular formula is C19H18ClN3O4. The van der Waals surface area contributed by atoms with E-state index in [0.29, 0.717) is 11.5 Å². The molecule has 0 fully saturated rings. The Morgan fingerprint density at radius 2 is 1.96 bits per heavy atom. The van der Waals surface area contributed by atoms with Crippen LogP contribution in [0, 0.1) is 6.92 Å². The predicted molar refractivity (Wildman–Crippen MR) is 98.8 cm³/mol. The molecule has 0 spiro atoms. The third-order valence-corrected chi connectivity index (χ3v) is 4.28. The van der Waals surface area contributed by atoms with Crippen molar-refractivity contribution in [1.29, 1.82) is 0 Å². The number of likely N-dealkylation sites (N-methyl/N-ethyl adjacent to an activating group) is 1. The Labute approximate surface area is 161 Å². The van der Waals surface area contributed by atoms with E-state index in [9.17, 15) is 9.59 Å². The first-order valence-electron chi connectivity index (χ1n) is 8.21. The summed E-state index contributed by atoms with van der Waals surface area (Å²) in [5.74, 6) is -0.413. The van der Waals surface area contributed by atoms with Gasteiger partial charge in [-0.1, -0.05) is 29.8 Å². The third kappa shape index (κ3) is 4.20. The van der Waals surface area contributed by atoms with Gasteiger partial charge in [0.2, 0.25) is 0 Å². The first kappa shape index (κ1) is 18.7. The van der Waals surface area contributed by atoms with Gasteiger partial charge < -0.3 is 14.1 Å². The van der Waals surface area contributed by atoms with Gasteiger partial charge in [0.15, 0.2) is 6.61 Å². The van der Waals surface area contributed by atoms with Crippen molar-refractivity contribution in [2.24, 2.45) is 0 Å². The maximum Gasteiger partial charge on any atom is 0.343 e. The maximum atomic E-state index is 12.4. The molecule has 0 atom stereocenters. The van der Waals surface area contributed by atoms with E-state index in [-0.39, 0.29) is 23.2 Å². The van der Waals surface area contributed by atoms with E-state index < -0.39 is 12.6 Å². The van der Waals surface area contributed by atoms with E-state index in [4.69, 9.17) is 20.8 Å². The van der Waals surface area contributed by atoms with Crippen LogP contribution in [-0.2, 0) is 16.1 Å². The molecule has 140 valence electrons. The van der Waals surface area contributed by atoms with Crippen molar-refractivity contribution >= 4 is 23.5 Å². The van der Waals surface area contributed by atoms with E-state index in [1.54, 1.807) is 26.1 Å².